The molecule has 6 nitrogen and oxygen atoms in total. The Balaban J connectivity index is 2.19. The van der Waals surface area contributed by atoms with E-state index in [1.807, 2.05) is 0 Å². The number of rotatable bonds is 3. The Morgan fingerprint density at radius 3 is 2.46 bits per heavy atom. The monoisotopic (exact) mass is 338 g/mol. The lowest BCUT2D eigenvalue weighted by Gasteiger charge is -2.26. The van der Waals surface area contributed by atoms with Gasteiger partial charge in [-0.1, -0.05) is 12.1 Å². The molecule has 1 heterocycles. The molecule has 7 heteroatoms. The number of likely N-dealkylation sites (tertiary alicyclic amines) is 1. The van der Waals surface area contributed by atoms with Gasteiger partial charge in [-0.2, -0.15) is 0 Å². The van der Waals surface area contributed by atoms with Gasteiger partial charge in [-0.3, -0.25) is 4.79 Å². The van der Waals surface area contributed by atoms with E-state index < -0.39 is 29.8 Å². The molecule has 0 bridgehead atoms. The maximum absolute atomic E-state index is 13.4. The molecule has 2 rings (SSSR count). The summed E-state index contributed by atoms with van der Waals surface area (Å²) in [5.41, 5.74) is -0.0960. The van der Waals surface area contributed by atoms with Crippen LogP contribution in [0.1, 0.15) is 38.9 Å². The first kappa shape index (κ1) is 18.0. The van der Waals surface area contributed by atoms with Gasteiger partial charge in [-0.15, -0.1) is 0 Å². The van der Waals surface area contributed by atoms with E-state index >= 15 is 0 Å². The zero-order valence-corrected chi connectivity index (χ0v) is 14.1. The van der Waals surface area contributed by atoms with E-state index in [1.165, 1.54) is 29.2 Å². The molecule has 2 atom stereocenters. The van der Waals surface area contributed by atoms with Crippen molar-refractivity contribution in [3.63, 3.8) is 0 Å². The highest BCUT2D eigenvalue weighted by atomic mass is 19.1. The number of hydrogen-bond donors (Lipinski definition) is 2. The van der Waals surface area contributed by atoms with E-state index in [2.05, 4.69) is 5.32 Å². The third kappa shape index (κ3) is 4.84. The summed E-state index contributed by atoms with van der Waals surface area (Å²) >= 11 is 0. The molecular weight excluding hydrogens is 315 g/mol. The molecule has 1 fully saturated rings. The van der Waals surface area contributed by atoms with Crippen LogP contribution < -0.4 is 5.32 Å². The van der Waals surface area contributed by atoms with Crippen molar-refractivity contribution in [2.24, 2.45) is 0 Å². The Morgan fingerprint density at radius 1 is 1.33 bits per heavy atom. The average molecular weight is 338 g/mol. The Kier molecular flexibility index (Phi) is 5.31. The number of benzene rings is 1. The fraction of sp³-hybridized carbons (Fsp3) is 0.529. The number of halogens is 1. The van der Waals surface area contributed by atoms with E-state index in [4.69, 9.17) is 4.74 Å². The van der Waals surface area contributed by atoms with Gasteiger partial charge in [0, 0.05) is 17.6 Å². The van der Waals surface area contributed by atoms with Gasteiger partial charge < -0.3 is 20.1 Å². The van der Waals surface area contributed by atoms with Crippen LogP contribution in [0, 0.1) is 0 Å². The number of carbonyl (C=O) groups is 2. The number of ether oxygens (including phenoxy) is 1. The van der Waals surface area contributed by atoms with E-state index in [9.17, 15) is 19.1 Å². The third-order valence-corrected chi connectivity index (χ3v) is 3.56. The van der Waals surface area contributed by atoms with Gasteiger partial charge in [-0.05, 0) is 39.3 Å². The van der Waals surface area contributed by atoms with Crippen molar-refractivity contribution in [2.45, 2.75) is 45.0 Å². The summed E-state index contributed by atoms with van der Waals surface area (Å²) in [5, 5.41) is 12.0. The minimum absolute atomic E-state index is 0.00231. The number of amides is 2. The second-order valence-electron chi connectivity index (χ2n) is 6.92. The Bertz CT molecular complexity index is 598. The van der Waals surface area contributed by atoms with Crippen molar-refractivity contribution in [1.29, 1.82) is 0 Å². The number of carbonyl (C=O) groups excluding carboxylic acids is 2. The number of hydrogen-bond acceptors (Lipinski definition) is 4. The fourth-order valence-corrected chi connectivity index (χ4v) is 2.44. The van der Waals surface area contributed by atoms with Crippen LogP contribution in [0.2, 0.25) is 0 Å². The third-order valence-electron chi connectivity index (χ3n) is 3.56. The normalized spacial score (nSPS) is 19.0. The number of phenols is 1. The second-order valence-corrected chi connectivity index (χ2v) is 6.92. The summed E-state index contributed by atoms with van der Waals surface area (Å²) in [5.74, 6) is -0.431. The lowest BCUT2D eigenvalue weighted by Crippen LogP contribution is -2.43. The average Bonchev–Trinajstić information content (AvgIpc) is 2.90. The van der Waals surface area contributed by atoms with Gasteiger partial charge >= 0.3 is 6.09 Å². The van der Waals surface area contributed by atoms with Crippen molar-refractivity contribution >= 4 is 12.0 Å². The van der Waals surface area contributed by atoms with Crippen LogP contribution in [-0.4, -0.2) is 46.8 Å². The molecule has 1 aliphatic heterocycles. The van der Waals surface area contributed by atoms with E-state index in [0.29, 0.717) is 12.1 Å². The van der Waals surface area contributed by atoms with Gasteiger partial charge in [0.05, 0.1) is 6.54 Å². The number of aromatic hydroxyl groups is 1. The summed E-state index contributed by atoms with van der Waals surface area (Å²) in [4.78, 5) is 26.1. The maximum atomic E-state index is 13.4. The Labute approximate surface area is 140 Å². The number of nitrogens with one attached hydrogen (secondary N) is 1. The predicted molar refractivity (Wildman–Crippen MR) is 86.3 cm³/mol. The SMILES string of the molecule is CC(C)(C)NC(=O)OC(C(=O)N1CCC(F)C1)c1ccc(O)cc1. The highest BCUT2D eigenvalue weighted by molar-refractivity contribution is 5.85. The summed E-state index contributed by atoms with van der Waals surface area (Å²) < 4.78 is 18.7. The van der Waals surface area contributed by atoms with Crippen molar-refractivity contribution in [3.8, 4) is 5.75 Å². The van der Waals surface area contributed by atoms with Crippen molar-refractivity contribution in [1.82, 2.24) is 10.2 Å². The van der Waals surface area contributed by atoms with Gasteiger partial charge in [0.2, 0.25) is 6.10 Å². The summed E-state index contributed by atoms with van der Waals surface area (Å²) in [6.45, 7) is 5.66. The predicted octanol–water partition coefficient (Wildman–Crippen LogP) is 2.53. The fourth-order valence-electron chi connectivity index (χ4n) is 2.44. The van der Waals surface area contributed by atoms with Gasteiger partial charge in [0.25, 0.3) is 5.91 Å². The van der Waals surface area contributed by atoms with Crippen molar-refractivity contribution < 1.29 is 23.8 Å². The van der Waals surface area contributed by atoms with E-state index in [1.54, 1.807) is 20.8 Å². The quantitative estimate of drug-likeness (QED) is 0.888. The zero-order chi connectivity index (χ0) is 17.9. The van der Waals surface area contributed by atoms with Gasteiger partial charge in [0.1, 0.15) is 11.9 Å². The first-order valence-electron chi connectivity index (χ1n) is 7.86. The van der Waals surface area contributed by atoms with Gasteiger partial charge in [0.15, 0.2) is 0 Å². The lowest BCUT2D eigenvalue weighted by molar-refractivity contribution is -0.140. The summed E-state index contributed by atoms with van der Waals surface area (Å²) in [7, 11) is 0. The highest BCUT2D eigenvalue weighted by Gasteiger charge is 2.34. The van der Waals surface area contributed by atoms with Crippen LogP contribution >= 0.6 is 0 Å². The van der Waals surface area contributed by atoms with E-state index in [0.717, 1.165) is 0 Å². The number of alkyl halides is 1. The molecule has 1 saturated heterocycles. The van der Waals surface area contributed by atoms with Crippen LogP contribution in [0.25, 0.3) is 0 Å². The number of phenolic OH excluding ortho intramolecular Hbond substituents is 1. The zero-order valence-electron chi connectivity index (χ0n) is 14.1. The number of alkyl carbamates (subject to hydrolysis) is 1. The number of nitrogens with zero attached hydrogens (tertiary/aromatic N) is 1. The largest absolute Gasteiger partial charge is 0.508 e. The highest BCUT2D eigenvalue weighted by Crippen LogP contribution is 2.25. The molecule has 1 aliphatic rings. The molecule has 0 aliphatic carbocycles. The van der Waals surface area contributed by atoms with Crippen LogP contribution in [0.5, 0.6) is 5.75 Å². The molecule has 2 N–H and O–H groups in total. The molecule has 2 amide bonds. The van der Waals surface area contributed by atoms with Crippen LogP contribution in [0.3, 0.4) is 0 Å². The van der Waals surface area contributed by atoms with Crippen LogP contribution in [0.4, 0.5) is 9.18 Å². The molecule has 2 unspecified atom stereocenters. The first-order valence-corrected chi connectivity index (χ1v) is 7.86. The molecule has 132 valence electrons. The minimum atomic E-state index is -1.18. The molecular formula is C17H23FN2O4. The standard InChI is InChI=1S/C17H23FN2O4/c1-17(2,3)19-16(23)24-14(11-4-6-13(21)7-5-11)15(22)20-9-8-12(18)10-20/h4-7,12,14,21H,8-10H2,1-3H3,(H,19,23). The summed E-state index contributed by atoms with van der Waals surface area (Å²) in [6, 6.07) is 5.82. The smallest absolute Gasteiger partial charge is 0.408 e. The second kappa shape index (κ2) is 7.07. The molecule has 24 heavy (non-hydrogen) atoms. The van der Waals surface area contributed by atoms with Crippen LogP contribution in [0.15, 0.2) is 24.3 Å². The topological polar surface area (TPSA) is 78.9 Å². The molecule has 1 aromatic carbocycles. The Hall–Kier alpha value is -2.31. The summed E-state index contributed by atoms with van der Waals surface area (Å²) in [6.07, 6.45) is -2.69. The molecule has 0 radical (unpaired) electrons. The molecule has 0 aromatic heterocycles. The van der Waals surface area contributed by atoms with Crippen LogP contribution in [-0.2, 0) is 9.53 Å². The van der Waals surface area contributed by atoms with Gasteiger partial charge in [-0.25, -0.2) is 9.18 Å². The Morgan fingerprint density at radius 2 is 1.96 bits per heavy atom. The lowest BCUT2D eigenvalue weighted by atomic mass is 10.1. The first-order chi connectivity index (χ1) is 11.2. The minimum Gasteiger partial charge on any atom is -0.508 e. The molecule has 0 spiro atoms. The van der Waals surface area contributed by atoms with Crippen molar-refractivity contribution in [2.75, 3.05) is 13.1 Å². The maximum Gasteiger partial charge on any atom is 0.408 e. The van der Waals surface area contributed by atoms with E-state index in [-0.39, 0.29) is 18.7 Å². The molecule has 1 aromatic rings. The van der Waals surface area contributed by atoms with Crippen molar-refractivity contribution in [3.05, 3.63) is 29.8 Å². The molecule has 0 saturated carbocycles.